The molecule has 0 radical (unpaired) electrons. The van der Waals surface area contributed by atoms with Gasteiger partial charge in [0.2, 0.25) is 0 Å². The van der Waals surface area contributed by atoms with Crippen molar-refractivity contribution in [1.29, 1.82) is 0 Å². The summed E-state index contributed by atoms with van der Waals surface area (Å²) < 4.78 is 32.3. The normalized spacial score (nSPS) is 12.1. The number of carbonyl (C=O) groups excluding carboxylic acids is 2. The van der Waals surface area contributed by atoms with Gasteiger partial charge in [-0.1, -0.05) is 23.7 Å². The molecule has 0 aliphatic heterocycles. The standard InChI is InChI=1S/C19H19ClN2O5S/c1-3-11-22(16-9-7-15(20)8-10-16)28(25,26)17-6-4-5-14(12-17)19(24)27-13(2)18(21)23/h3-10,12-13H,1,11H2,2H3,(H2,21,23)/t13-/m1/s1. The lowest BCUT2D eigenvalue weighted by molar-refractivity contribution is -0.125. The molecule has 0 saturated heterocycles. The van der Waals surface area contributed by atoms with Gasteiger partial charge in [-0.2, -0.15) is 0 Å². The summed E-state index contributed by atoms with van der Waals surface area (Å²) in [5.41, 5.74) is 5.44. The van der Waals surface area contributed by atoms with Crippen LogP contribution in [0.1, 0.15) is 17.3 Å². The van der Waals surface area contributed by atoms with E-state index in [-0.39, 0.29) is 17.0 Å². The fourth-order valence-electron chi connectivity index (χ4n) is 2.26. The molecule has 0 aromatic heterocycles. The topological polar surface area (TPSA) is 107 Å². The molecule has 2 aromatic rings. The van der Waals surface area contributed by atoms with E-state index in [4.69, 9.17) is 22.1 Å². The monoisotopic (exact) mass is 422 g/mol. The first-order valence-electron chi connectivity index (χ1n) is 8.16. The third-order valence-electron chi connectivity index (χ3n) is 3.75. The van der Waals surface area contributed by atoms with Crippen LogP contribution in [0.25, 0.3) is 0 Å². The molecule has 0 unspecified atom stereocenters. The number of esters is 1. The summed E-state index contributed by atoms with van der Waals surface area (Å²) in [5.74, 6) is -1.66. The number of primary amides is 1. The summed E-state index contributed by atoms with van der Waals surface area (Å²) in [6, 6.07) is 11.6. The van der Waals surface area contributed by atoms with Gasteiger partial charge >= 0.3 is 5.97 Å². The highest BCUT2D eigenvalue weighted by atomic mass is 35.5. The van der Waals surface area contributed by atoms with Gasteiger partial charge in [0.15, 0.2) is 6.10 Å². The Morgan fingerprint density at radius 2 is 1.89 bits per heavy atom. The van der Waals surface area contributed by atoms with Gasteiger partial charge in [-0.15, -0.1) is 6.58 Å². The van der Waals surface area contributed by atoms with E-state index >= 15 is 0 Å². The van der Waals surface area contributed by atoms with E-state index < -0.39 is 28.0 Å². The maximum absolute atomic E-state index is 13.1. The van der Waals surface area contributed by atoms with Crippen LogP contribution in [0.3, 0.4) is 0 Å². The molecular weight excluding hydrogens is 404 g/mol. The largest absolute Gasteiger partial charge is 0.449 e. The molecule has 0 aliphatic carbocycles. The minimum absolute atomic E-state index is 0.0113. The van der Waals surface area contributed by atoms with E-state index in [2.05, 4.69) is 6.58 Å². The lowest BCUT2D eigenvalue weighted by atomic mass is 10.2. The van der Waals surface area contributed by atoms with Gasteiger partial charge in [0.1, 0.15) is 0 Å². The Morgan fingerprint density at radius 3 is 2.46 bits per heavy atom. The Morgan fingerprint density at radius 1 is 1.25 bits per heavy atom. The van der Waals surface area contributed by atoms with Crippen molar-refractivity contribution in [2.75, 3.05) is 10.8 Å². The van der Waals surface area contributed by atoms with Crippen LogP contribution in [0.2, 0.25) is 5.02 Å². The van der Waals surface area contributed by atoms with E-state index in [1.807, 2.05) is 0 Å². The Labute approximate surface area is 168 Å². The van der Waals surface area contributed by atoms with Crippen LogP contribution in [0.4, 0.5) is 5.69 Å². The second-order valence-corrected chi connectivity index (χ2v) is 8.08. The second kappa shape index (κ2) is 8.90. The predicted octanol–water partition coefficient (Wildman–Crippen LogP) is 2.75. The number of halogens is 1. The van der Waals surface area contributed by atoms with Crippen molar-refractivity contribution in [3.05, 3.63) is 71.8 Å². The van der Waals surface area contributed by atoms with Crippen LogP contribution >= 0.6 is 11.6 Å². The predicted molar refractivity (Wildman–Crippen MR) is 107 cm³/mol. The third-order valence-corrected chi connectivity index (χ3v) is 5.79. The molecule has 1 atom stereocenters. The SMILES string of the molecule is C=CCN(c1ccc(Cl)cc1)S(=O)(=O)c1cccc(C(=O)O[C@H](C)C(N)=O)c1. The molecule has 0 fully saturated rings. The molecule has 0 bridgehead atoms. The maximum Gasteiger partial charge on any atom is 0.338 e. The summed E-state index contributed by atoms with van der Waals surface area (Å²) >= 11 is 5.87. The van der Waals surface area contributed by atoms with Crippen LogP contribution in [-0.2, 0) is 19.6 Å². The summed E-state index contributed by atoms with van der Waals surface area (Å²) in [6.45, 7) is 4.93. The van der Waals surface area contributed by atoms with Crippen molar-refractivity contribution in [3.8, 4) is 0 Å². The number of nitrogens with two attached hydrogens (primary N) is 1. The van der Waals surface area contributed by atoms with Crippen molar-refractivity contribution < 1.29 is 22.7 Å². The molecule has 28 heavy (non-hydrogen) atoms. The van der Waals surface area contributed by atoms with E-state index in [0.717, 1.165) is 4.31 Å². The molecule has 0 aliphatic rings. The smallest absolute Gasteiger partial charge is 0.338 e. The van der Waals surface area contributed by atoms with Crippen LogP contribution in [0.15, 0.2) is 66.1 Å². The minimum Gasteiger partial charge on any atom is -0.449 e. The number of carbonyl (C=O) groups is 2. The fraction of sp³-hybridized carbons (Fsp3) is 0.158. The molecule has 1 amide bonds. The molecule has 148 valence electrons. The van der Waals surface area contributed by atoms with Crippen molar-refractivity contribution in [1.82, 2.24) is 0 Å². The third kappa shape index (κ3) is 4.90. The molecule has 9 heteroatoms. The number of hydrogen-bond donors (Lipinski definition) is 1. The van der Waals surface area contributed by atoms with Gasteiger partial charge in [-0.25, -0.2) is 13.2 Å². The zero-order chi connectivity index (χ0) is 20.9. The highest BCUT2D eigenvalue weighted by Crippen LogP contribution is 2.26. The lowest BCUT2D eigenvalue weighted by Crippen LogP contribution is -2.32. The molecular formula is C19H19ClN2O5S. The molecule has 7 nitrogen and oxygen atoms in total. The highest BCUT2D eigenvalue weighted by Gasteiger charge is 2.25. The summed E-state index contributed by atoms with van der Waals surface area (Å²) in [7, 11) is -4.01. The van der Waals surface area contributed by atoms with E-state index in [1.165, 1.54) is 37.3 Å². The van der Waals surface area contributed by atoms with Crippen molar-refractivity contribution in [3.63, 3.8) is 0 Å². The van der Waals surface area contributed by atoms with Gasteiger partial charge in [0.05, 0.1) is 22.7 Å². The van der Waals surface area contributed by atoms with Gasteiger partial charge < -0.3 is 10.5 Å². The Hall–Kier alpha value is -2.84. The van der Waals surface area contributed by atoms with Crippen molar-refractivity contribution in [2.45, 2.75) is 17.9 Å². The Kier molecular flexibility index (Phi) is 6.82. The van der Waals surface area contributed by atoms with Gasteiger partial charge in [0, 0.05) is 5.02 Å². The molecule has 2 rings (SSSR count). The van der Waals surface area contributed by atoms with Crippen LogP contribution in [0.5, 0.6) is 0 Å². The number of ether oxygens (including phenoxy) is 1. The van der Waals surface area contributed by atoms with Gasteiger partial charge in [-0.05, 0) is 49.4 Å². The van der Waals surface area contributed by atoms with E-state index in [0.29, 0.717) is 10.7 Å². The first kappa shape index (κ1) is 21.5. The maximum atomic E-state index is 13.1. The molecule has 0 spiro atoms. The lowest BCUT2D eigenvalue weighted by Gasteiger charge is -2.23. The van der Waals surface area contributed by atoms with Crippen LogP contribution in [-0.4, -0.2) is 32.9 Å². The average Bonchev–Trinajstić information content (AvgIpc) is 2.66. The molecule has 0 heterocycles. The van der Waals surface area contributed by atoms with E-state index in [9.17, 15) is 18.0 Å². The second-order valence-electron chi connectivity index (χ2n) is 5.78. The minimum atomic E-state index is -4.01. The van der Waals surface area contributed by atoms with Crippen LogP contribution < -0.4 is 10.0 Å². The van der Waals surface area contributed by atoms with Crippen molar-refractivity contribution >= 4 is 39.2 Å². The quantitative estimate of drug-likeness (QED) is 0.520. The Bertz CT molecular complexity index is 990. The zero-order valence-corrected chi connectivity index (χ0v) is 16.6. The summed E-state index contributed by atoms with van der Waals surface area (Å²) in [6.07, 6.45) is 0.304. The van der Waals surface area contributed by atoms with Gasteiger partial charge in [0.25, 0.3) is 15.9 Å². The molecule has 2 N–H and O–H groups in total. The van der Waals surface area contributed by atoms with Crippen molar-refractivity contribution in [2.24, 2.45) is 5.73 Å². The zero-order valence-electron chi connectivity index (χ0n) is 15.0. The number of nitrogens with zero attached hydrogens (tertiary/aromatic N) is 1. The number of benzene rings is 2. The highest BCUT2D eigenvalue weighted by molar-refractivity contribution is 7.92. The van der Waals surface area contributed by atoms with E-state index in [1.54, 1.807) is 24.3 Å². The summed E-state index contributed by atoms with van der Waals surface area (Å²) in [4.78, 5) is 23.1. The van der Waals surface area contributed by atoms with Gasteiger partial charge in [-0.3, -0.25) is 9.10 Å². The average molecular weight is 423 g/mol. The number of anilines is 1. The number of rotatable bonds is 8. The first-order valence-corrected chi connectivity index (χ1v) is 9.98. The molecule has 0 saturated carbocycles. The number of sulfonamides is 1. The number of amides is 1. The van der Waals surface area contributed by atoms with Crippen LogP contribution in [0, 0.1) is 0 Å². The fourth-order valence-corrected chi connectivity index (χ4v) is 3.87. The summed E-state index contributed by atoms with van der Waals surface area (Å²) in [5, 5.41) is 0.466. The first-order chi connectivity index (χ1) is 13.2. The molecule has 2 aromatic carbocycles. The number of hydrogen-bond acceptors (Lipinski definition) is 5. The Balaban J connectivity index is 2.40.